The number of nitrogens with two attached hydrogens (primary N) is 1. The molecule has 20 heavy (non-hydrogen) atoms. The zero-order chi connectivity index (χ0) is 14.5. The van der Waals surface area contributed by atoms with Crippen molar-refractivity contribution in [2.45, 2.75) is 13.0 Å². The van der Waals surface area contributed by atoms with E-state index in [0.29, 0.717) is 28.6 Å². The fourth-order valence-corrected chi connectivity index (χ4v) is 2.17. The van der Waals surface area contributed by atoms with Crippen LogP contribution in [0.25, 0.3) is 0 Å². The van der Waals surface area contributed by atoms with Crippen molar-refractivity contribution in [3.63, 3.8) is 0 Å². The third-order valence-corrected chi connectivity index (χ3v) is 3.70. The third kappa shape index (κ3) is 3.63. The molecule has 106 valence electrons. The van der Waals surface area contributed by atoms with E-state index in [9.17, 15) is 4.39 Å². The van der Waals surface area contributed by atoms with Crippen LogP contribution in [-0.2, 0) is 13.0 Å². The molecule has 2 aromatic carbocycles. The Hall–Kier alpha value is -1.29. The topological polar surface area (TPSA) is 35.2 Å². The van der Waals surface area contributed by atoms with Crippen LogP contribution in [0.1, 0.15) is 11.1 Å². The van der Waals surface area contributed by atoms with Gasteiger partial charge in [0.1, 0.15) is 6.61 Å². The molecule has 0 fully saturated rings. The van der Waals surface area contributed by atoms with E-state index in [2.05, 4.69) is 0 Å². The minimum atomic E-state index is -0.408. The summed E-state index contributed by atoms with van der Waals surface area (Å²) in [5.41, 5.74) is 6.99. The highest BCUT2D eigenvalue weighted by Gasteiger charge is 2.08. The number of hydrogen-bond acceptors (Lipinski definition) is 2. The van der Waals surface area contributed by atoms with Crippen LogP contribution in [0, 0.1) is 5.82 Å². The molecule has 2 rings (SSSR count). The molecule has 0 atom stereocenters. The molecule has 0 aliphatic carbocycles. The molecule has 0 aliphatic heterocycles. The van der Waals surface area contributed by atoms with Crippen LogP contribution < -0.4 is 10.5 Å². The fraction of sp³-hybridized carbons (Fsp3) is 0.200. The number of benzene rings is 2. The lowest BCUT2D eigenvalue weighted by Crippen LogP contribution is -2.04. The molecule has 0 unspecified atom stereocenters. The van der Waals surface area contributed by atoms with Crippen molar-refractivity contribution in [1.29, 1.82) is 0 Å². The normalized spacial score (nSPS) is 10.6. The summed E-state index contributed by atoms with van der Waals surface area (Å²) in [7, 11) is 0. The summed E-state index contributed by atoms with van der Waals surface area (Å²) in [6, 6.07) is 10.1. The Bertz CT molecular complexity index is 604. The van der Waals surface area contributed by atoms with E-state index in [0.717, 1.165) is 5.56 Å². The predicted molar refractivity (Wildman–Crippen MR) is 80.0 cm³/mol. The van der Waals surface area contributed by atoms with Gasteiger partial charge in [-0.25, -0.2) is 4.39 Å². The van der Waals surface area contributed by atoms with Crippen LogP contribution in [0.2, 0.25) is 10.0 Å². The zero-order valence-corrected chi connectivity index (χ0v) is 12.2. The van der Waals surface area contributed by atoms with Crippen molar-refractivity contribution < 1.29 is 9.13 Å². The van der Waals surface area contributed by atoms with Crippen molar-refractivity contribution in [2.24, 2.45) is 5.73 Å². The van der Waals surface area contributed by atoms with Crippen LogP contribution in [0.4, 0.5) is 4.39 Å². The maximum atomic E-state index is 13.8. The average molecular weight is 314 g/mol. The lowest BCUT2D eigenvalue weighted by Gasteiger charge is -2.10. The molecule has 0 heterocycles. The van der Waals surface area contributed by atoms with E-state index in [1.165, 1.54) is 6.07 Å². The van der Waals surface area contributed by atoms with Crippen LogP contribution in [0.3, 0.4) is 0 Å². The molecule has 0 bridgehead atoms. The van der Waals surface area contributed by atoms with Crippen molar-refractivity contribution in [3.05, 3.63) is 63.4 Å². The Balaban J connectivity index is 2.09. The van der Waals surface area contributed by atoms with Crippen LogP contribution in [0.15, 0.2) is 36.4 Å². The zero-order valence-electron chi connectivity index (χ0n) is 10.7. The van der Waals surface area contributed by atoms with Crippen molar-refractivity contribution in [2.75, 3.05) is 6.54 Å². The summed E-state index contributed by atoms with van der Waals surface area (Å²) in [5, 5.41) is 0.876. The average Bonchev–Trinajstić information content (AvgIpc) is 2.42. The molecule has 0 saturated heterocycles. The van der Waals surface area contributed by atoms with Gasteiger partial charge in [0.25, 0.3) is 0 Å². The quantitative estimate of drug-likeness (QED) is 0.897. The van der Waals surface area contributed by atoms with E-state index in [4.69, 9.17) is 33.7 Å². The highest BCUT2D eigenvalue weighted by atomic mass is 35.5. The second kappa shape index (κ2) is 6.93. The molecule has 0 spiro atoms. The molecule has 5 heteroatoms. The number of ether oxygens (including phenoxy) is 1. The van der Waals surface area contributed by atoms with Gasteiger partial charge in [-0.3, -0.25) is 0 Å². The van der Waals surface area contributed by atoms with Gasteiger partial charge in [0.2, 0.25) is 0 Å². The minimum Gasteiger partial charge on any atom is -0.486 e. The lowest BCUT2D eigenvalue weighted by molar-refractivity contribution is 0.290. The van der Waals surface area contributed by atoms with E-state index in [-0.39, 0.29) is 12.4 Å². The molecular formula is C15H14Cl2FNO. The Morgan fingerprint density at radius 3 is 2.65 bits per heavy atom. The fourth-order valence-electron chi connectivity index (χ4n) is 1.80. The van der Waals surface area contributed by atoms with Gasteiger partial charge < -0.3 is 10.5 Å². The largest absolute Gasteiger partial charge is 0.486 e. The third-order valence-electron chi connectivity index (χ3n) is 2.84. The minimum absolute atomic E-state index is 0.159. The Kier molecular flexibility index (Phi) is 5.24. The van der Waals surface area contributed by atoms with E-state index >= 15 is 0 Å². The molecule has 0 saturated carbocycles. The summed E-state index contributed by atoms with van der Waals surface area (Å²) >= 11 is 12.0. The Morgan fingerprint density at radius 2 is 1.95 bits per heavy atom. The molecule has 2 nitrogen and oxygen atoms in total. The Morgan fingerprint density at radius 1 is 1.15 bits per heavy atom. The monoisotopic (exact) mass is 313 g/mol. The maximum absolute atomic E-state index is 13.8. The van der Waals surface area contributed by atoms with Crippen LogP contribution in [-0.4, -0.2) is 6.54 Å². The second-order valence-electron chi connectivity index (χ2n) is 4.31. The first kappa shape index (κ1) is 15.1. The van der Waals surface area contributed by atoms with Crippen LogP contribution >= 0.6 is 23.2 Å². The summed E-state index contributed by atoms with van der Waals surface area (Å²) in [6.07, 6.45) is 0.636. The smallest absolute Gasteiger partial charge is 0.165 e. The summed E-state index contributed by atoms with van der Waals surface area (Å²) in [4.78, 5) is 0. The molecule has 0 aromatic heterocycles. The second-order valence-corrected chi connectivity index (χ2v) is 5.09. The maximum Gasteiger partial charge on any atom is 0.165 e. The van der Waals surface area contributed by atoms with Crippen molar-refractivity contribution in [1.82, 2.24) is 0 Å². The summed E-state index contributed by atoms with van der Waals surface area (Å²) in [6.45, 7) is 0.643. The number of hydrogen-bond donors (Lipinski definition) is 1. The number of halogens is 3. The van der Waals surface area contributed by atoms with Gasteiger partial charge in [-0.1, -0.05) is 41.4 Å². The Labute approximate surface area is 127 Å². The molecule has 0 radical (unpaired) electrons. The highest BCUT2D eigenvalue weighted by Crippen LogP contribution is 2.27. The lowest BCUT2D eigenvalue weighted by atomic mass is 10.1. The SMILES string of the molecule is NCCc1ccc(OCc2cccc(Cl)c2Cl)c(F)c1. The van der Waals surface area contributed by atoms with Crippen molar-refractivity contribution >= 4 is 23.2 Å². The predicted octanol–water partition coefficient (Wildman–Crippen LogP) is 4.21. The van der Waals surface area contributed by atoms with Gasteiger partial charge in [-0.2, -0.15) is 0 Å². The summed E-state index contributed by atoms with van der Waals surface area (Å²) < 4.78 is 19.3. The first-order valence-corrected chi connectivity index (χ1v) is 6.91. The first-order valence-electron chi connectivity index (χ1n) is 6.16. The van der Waals surface area contributed by atoms with Gasteiger partial charge in [-0.05, 0) is 36.7 Å². The number of rotatable bonds is 5. The van der Waals surface area contributed by atoms with Gasteiger partial charge in [0.05, 0.1) is 10.0 Å². The van der Waals surface area contributed by atoms with E-state index in [1.807, 2.05) is 0 Å². The van der Waals surface area contributed by atoms with Crippen molar-refractivity contribution in [3.8, 4) is 5.75 Å². The molecule has 0 amide bonds. The van der Waals surface area contributed by atoms with E-state index in [1.54, 1.807) is 30.3 Å². The van der Waals surface area contributed by atoms with Gasteiger partial charge >= 0.3 is 0 Å². The van der Waals surface area contributed by atoms with Gasteiger partial charge in [0, 0.05) is 5.56 Å². The molecule has 2 N–H and O–H groups in total. The van der Waals surface area contributed by atoms with Gasteiger partial charge in [0.15, 0.2) is 11.6 Å². The molecule has 2 aromatic rings. The molecular weight excluding hydrogens is 300 g/mol. The first-order chi connectivity index (χ1) is 9.61. The molecule has 0 aliphatic rings. The van der Waals surface area contributed by atoms with E-state index < -0.39 is 5.82 Å². The van der Waals surface area contributed by atoms with Gasteiger partial charge in [-0.15, -0.1) is 0 Å². The summed E-state index contributed by atoms with van der Waals surface area (Å²) in [5.74, 6) is -0.226. The highest BCUT2D eigenvalue weighted by molar-refractivity contribution is 6.42. The standard InChI is InChI=1S/C15H14Cl2FNO/c16-12-3-1-2-11(15(12)17)9-20-14-5-4-10(6-7-19)8-13(14)18/h1-5,8H,6-7,9,19H2. The van der Waals surface area contributed by atoms with Crippen LogP contribution in [0.5, 0.6) is 5.75 Å².